The topological polar surface area (TPSA) is 48.5 Å². The fourth-order valence-electron chi connectivity index (χ4n) is 7.40. The molecule has 0 aliphatic heterocycles. The zero-order valence-corrected chi connectivity index (χ0v) is 27.0. The average Bonchev–Trinajstić information content (AvgIpc) is 3.71. The summed E-state index contributed by atoms with van der Waals surface area (Å²) in [6.45, 7) is 0. The number of nitrogens with zero attached hydrogens (tertiary/aromatic N) is 5. The molecule has 0 aliphatic carbocycles. The molecule has 5 nitrogen and oxygen atoms in total. The van der Waals surface area contributed by atoms with E-state index in [1.165, 1.54) is 21.8 Å². The van der Waals surface area contributed by atoms with Crippen LogP contribution in [0.2, 0.25) is 0 Å². The fourth-order valence-corrected chi connectivity index (χ4v) is 7.40. The van der Waals surface area contributed by atoms with Gasteiger partial charge in [-0.3, -0.25) is 15.0 Å². The van der Waals surface area contributed by atoms with Crippen LogP contribution in [0.5, 0.6) is 0 Å². The van der Waals surface area contributed by atoms with Gasteiger partial charge in [0.15, 0.2) is 0 Å². The van der Waals surface area contributed by atoms with Crippen molar-refractivity contribution < 1.29 is 0 Å². The summed E-state index contributed by atoms with van der Waals surface area (Å²) in [4.78, 5) is 14.3. The molecule has 50 heavy (non-hydrogen) atoms. The van der Waals surface area contributed by atoms with Gasteiger partial charge in [-0.25, -0.2) is 0 Å². The van der Waals surface area contributed by atoms with Crippen molar-refractivity contribution in [3.63, 3.8) is 0 Å². The molecule has 0 N–H and O–H groups in total. The van der Waals surface area contributed by atoms with E-state index in [-0.39, 0.29) is 0 Å². The van der Waals surface area contributed by atoms with Crippen LogP contribution in [-0.4, -0.2) is 24.1 Å². The third-order valence-corrected chi connectivity index (χ3v) is 9.64. The van der Waals surface area contributed by atoms with E-state index in [1.807, 2.05) is 48.9 Å². The molecular weight excluding hydrogens is 611 g/mol. The van der Waals surface area contributed by atoms with Gasteiger partial charge in [0, 0.05) is 57.3 Å². The predicted octanol–water partition coefficient (Wildman–Crippen LogP) is 11.1. The highest BCUT2D eigenvalue weighted by Crippen LogP contribution is 2.39. The smallest absolute Gasteiger partial charge is 0.0963 e. The van der Waals surface area contributed by atoms with E-state index in [1.54, 1.807) is 0 Å². The highest BCUT2D eigenvalue weighted by Gasteiger charge is 2.18. The van der Waals surface area contributed by atoms with Gasteiger partial charge in [0.2, 0.25) is 0 Å². The Kier molecular flexibility index (Phi) is 6.42. The van der Waals surface area contributed by atoms with Crippen molar-refractivity contribution in [2.45, 2.75) is 0 Å². The molecule has 0 amide bonds. The second-order valence-corrected chi connectivity index (χ2v) is 12.6. The van der Waals surface area contributed by atoms with Gasteiger partial charge in [0.05, 0.1) is 39.0 Å². The van der Waals surface area contributed by atoms with Crippen LogP contribution in [0.4, 0.5) is 0 Å². The standard InChI is InChI=1S/C45H29N5/c1-2-11-34(12-3-1)49-41-16-5-4-13-36(41)37-20-18-30(28-43(37)49)31-19-21-38-44(29-31)50(42-17-10-24-48-45(38)42)35-26-32(39-14-6-8-22-46-39)25-33(27-35)40-15-7-9-23-47-40/h1-29H. The Morgan fingerprint density at radius 2 is 0.880 bits per heavy atom. The second-order valence-electron chi connectivity index (χ2n) is 12.6. The second kappa shape index (κ2) is 11.4. The molecule has 0 radical (unpaired) electrons. The Balaban J connectivity index is 1.22. The van der Waals surface area contributed by atoms with Crippen molar-refractivity contribution in [3.8, 4) is 45.0 Å². The Morgan fingerprint density at radius 3 is 1.58 bits per heavy atom. The van der Waals surface area contributed by atoms with Gasteiger partial charge in [-0.1, -0.05) is 66.7 Å². The third kappa shape index (κ3) is 4.52. The maximum absolute atomic E-state index is 4.88. The SMILES string of the molecule is c1ccc(-n2c3ccccc3c3ccc(-c4ccc5c6ncccc6n(-c6cc(-c7ccccn7)cc(-c7ccccn7)c6)c5c4)cc32)cc1. The normalized spacial score (nSPS) is 11.6. The first-order chi connectivity index (χ1) is 24.8. The van der Waals surface area contributed by atoms with Crippen LogP contribution in [0.1, 0.15) is 0 Å². The minimum atomic E-state index is 0.910. The minimum Gasteiger partial charge on any atom is -0.309 e. The summed E-state index contributed by atoms with van der Waals surface area (Å²) in [6.07, 6.45) is 5.56. The van der Waals surface area contributed by atoms with Gasteiger partial charge in [-0.15, -0.1) is 0 Å². The quantitative estimate of drug-likeness (QED) is 0.188. The number of fused-ring (bicyclic) bond motifs is 6. The van der Waals surface area contributed by atoms with E-state index < -0.39 is 0 Å². The van der Waals surface area contributed by atoms with Crippen LogP contribution in [-0.2, 0) is 0 Å². The Hall–Kier alpha value is -6.85. The predicted molar refractivity (Wildman–Crippen MR) is 205 cm³/mol. The van der Waals surface area contributed by atoms with Crippen LogP contribution in [0.25, 0.3) is 88.8 Å². The number of benzene rings is 5. The largest absolute Gasteiger partial charge is 0.309 e. The zero-order valence-electron chi connectivity index (χ0n) is 27.0. The minimum absolute atomic E-state index is 0.910. The summed E-state index contributed by atoms with van der Waals surface area (Å²) in [5.41, 5.74) is 13.8. The van der Waals surface area contributed by atoms with Crippen LogP contribution in [0.3, 0.4) is 0 Å². The Morgan fingerprint density at radius 1 is 0.320 bits per heavy atom. The van der Waals surface area contributed by atoms with E-state index in [9.17, 15) is 0 Å². The maximum atomic E-state index is 4.88. The van der Waals surface area contributed by atoms with E-state index in [0.717, 1.165) is 67.0 Å². The van der Waals surface area contributed by atoms with Crippen LogP contribution >= 0.6 is 0 Å². The van der Waals surface area contributed by atoms with Gasteiger partial charge in [0.1, 0.15) is 0 Å². The summed E-state index contributed by atoms with van der Waals surface area (Å²) in [7, 11) is 0. The Bertz CT molecular complexity index is 2800. The summed E-state index contributed by atoms with van der Waals surface area (Å²) in [5.74, 6) is 0. The van der Waals surface area contributed by atoms with Crippen molar-refractivity contribution in [2.24, 2.45) is 0 Å². The lowest BCUT2D eigenvalue weighted by molar-refractivity contribution is 1.17. The van der Waals surface area contributed by atoms with Gasteiger partial charge in [0.25, 0.3) is 0 Å². The average molecular weight is 640 g/mol. The van der Waals surface area contributed by atoms with Gasteiger partial charge in [-0.05, 0) is 102 Å². The van der Waals surface area contributed by atoms with Crippen molar-refractivity contribution in [1.29, 1.82) is 0 Å². The van der Waals surface area contributed by atoms with E-state index in [0.29, 0.717) is 0 Å². The number of hydrogen-bond donors (Lipinski definition) is 0. The summed E-state index contributed by atoms with van der Waals surface area (Å²) in [6, 6.07) is 55.7. The molecule has 0 bridgehead atoms. The van der Waals surface area contributed by atoms with Crippen molar-refractivity contribution in [2.75, 3.05) is 0 Å². The summed E-state index contributed by atoms with van der Waals surface area (Å²) >= 11 is 0. The monoisotopic (exact) mass is 639 g/mol. The maximum Gasteiger partial charge on any atom is 0.0963 e. The lowest BCUT2D eigenvalue weighted by atomic mass is 10.0. The molecule has 5 heterocycles. The molecule has 5 aromatic heterocycles. The van der Waals surface area contributed by atoms with Gasteiger partial charge in [-0.2, -0.15) is 0 Å². The first kappa shape index (κ1) is 28.2. The van der Waals surface area contributed by atoms with Gasteiger partial charge < -0.3 is 9.13 Å². The summed E-state index contributed by atoms with van der Waals surface area (Å²) in [5, 5.41) is 3.59. The molecule has 0 fully saturated rings. The van der Waals surface area contributed by atoms with Crippen molar-refractivity contribution >= 4 is 43.7 Å². The van der Waals surface area contributed by atoms with Crippen LogP contribution in [0, 0.1) is 0 Å². The number of pyridine rings is 3. The highest BCUT2D eigenvalue weighted by atomic mass is 15.0. The van der Waals surface area contributed by atoms with E-state index in [2.05, 4.69) is 137 Å². The number of rotatable bonds is 5. The molecular formula is C45H29N5. The fraction of sp³-hybridized carbons (Fsp3) is 0. The van der Waals surface area contributed by atoms with Crippen LogP contribution < -0.4 is 0 Å². The van der Waals surface area contributed by atoms with Crippen LogP contribution in [0.15, 0.2) is 176 Å². The molecule has 5 aromatic carbocycles. The lowest BCUT2D eigenvalue weighted by Crippen LogP contribution is -1.97. The molecule has 0 unspecified atom stereocenters. The lowest BCUT2D eigenvalue weighted by Gasteiger charge is -2.14. The Labute approximate surface area is 288 Å². The molecule has 0 aliphatic rings. The molecule has 10 rings (SSSR count). The van der Waals surface area contributed by atoms with Gasteiger partial charge >= 0.3 is 0 Å². The molecule has 10 aromatic rings. The number of aromatic nitrogens is 5. The van der Waals surface area contributed by atoms with E-state index in [4.69, 9.17) is 15.0 Å². The van der Waals surface area contributed by atoms with Crippen molar-refractivity contribution in [1.82, 2.24) is 24.1 Å². The molecule has 5 heteroatoms. The summed E-state index contributed by atoms with van der Waals surface area (Å²) < 4.78 is 4.70. The molecule has 0 atom stereocenters. The zero-order chi connectivity index (χ0) is 33.0. The third-order valence-electron chi connectivity index (χ3n) is 9.64. The number of hydrogen-bond acceptors (Lipinski definition) is 3. The number of para-hydroxylation sites is 2. The first-order valence-corrected chi connectivity index (χ1v) is 16.8. The highest BCUT2D eigenvalue weighted by molar-refractivity contribution is 6.11. The molecule has 234 valence electrons. The first-order valence-electron chi connectivity index (χ1n) is 16.8. The molecule has 0 saturated carbocycles. The van der Waals surface area contributed by atoms with Crippen molar-refractivity contribution in [3.05, 3.63) is 176 Å². The molecule has 0 saturated heterocycles. The van der Waals surface area contributed by atoms with E-state index >= 15 is 0 Å². The molecule has 0 spiro atoms.